The highest BCUT2D eigenvalue weighted by molar-refractivity contribution is 6.30. The van der Waals surface area contributed by atoms with E-state index in [1.54, 1.807) is 6.20 Å². The van der Waals surface area contributed by atoms with Gasteiger partial charge in [-0.3, -0.25) is 14.5 Å². The van der Waals surface area contributed by atoms with Crippen LogP contribution in [0.1, 0.15) is 34.6 Å². The molecular weight excluding hydrogens is 312 g/mol. The van der Waals surface area contributed by atoms with Crippen LogP contribution in [0.5, 0.6) is 0 Å². The van der Waals surface area contributed by atoms with Gasteiger partial charge in [0, 0.05) is 50.6 Å². The summed E-state index contributed by atoms with van der Waals surface area (Å²) in [4.78, 5) is 18.8. The van der Waals surface area contributed by atoms with Gasteiger partial charge in [0.15, 0.2) is 0 Å². The van der Waals surface area contributed by atoms with E-state index in [4.69, 9.17) is 11.6 Å². The van der Waals surface area contributed by atoms with E-state index in [-0.39, 0.29) is 5.91 Å². The van der Waals surface area contributed by atoms with Gasteiger partial charge in [0.2, 0.25) is 5.91 Å². The minimum Gasteiger partial charge on any atom is -0.338 e. The first kappa shape index (κ1) is 16.0. The van der Waals surface area contributed by atoms with E-state index in [1.165, 1.54) is 5.56 Å². The van der Waals surface area contributed by atoms with Crippen LogP contribution in [0.3, 0.4) is 0 Å². The average molecular weight is 333 g/mol. The number of halogens is 1. The van der Waals surface area contributed by atoms with Gasteiger partial charge in [-0.25, -0.2) is 0 Å². The van der Waals surface area contributed by atoms with Crippen LogP contribution >= 0.6 is 11.6 Å². The summed E-state index contributed by atoms with van der Waals surface area (Å²) < 4.78 is 1.87. The molecule has 1 amide bonds. The fourth-order valence-electron chi connectivity index (χ4n) is 3.18. The molecule has 0 bridgehead atoms. The number of fused-ring (bicyclic) bond motifs is 1. The molecule has 6 heteroatoms. The van der Waals surface area contributed by atoms with E-state index < -0.39 is 0 Å². The molecule has 2 aromatic rings. The number of hydrogen-bond acceptors (Lipinski definition) is 3. The van der Waals surface area contributed by atoms with Gasteiger partial charge in [0.05, 0.1) is 10.7 Å². The summed E-state index contributed by atoms with van der Waals surface area (Å²) >= 11 is 6.01. The highest BCUT2D eigenvalue weighted by atomic mass is 35.5. The third-order valence-corrected chi connectivity index (χ3v) is 4.81. The Kier molecular flexibility index (Phi) is 4.39. The molecule has 3 rings (SSSR count). The standard InChI is InChI=1S/C17H21ClN4O/c1-11-15(12(2)21(3)20-11)4-5-17(23)22-7-6-16-13(10-22)8-14(18)9-19-16/h8-9H,4-7,10H2,1-3H3. The van der Waals surface area contributed by atoms with Crippen molar-refractivity contribution < 1.29 is 4.79 Å². The number of amides is 1. The molecule has 0 aromatic carbocycles. The maximum Gasteiger partial charge on any atom is 0.223 e. The van der Waals surface area contributed by atoms with E-state index in [0.29, 0.717) is 18.0 Å². The zero-order valence-electron chi connectivity index (χ0n) is 13.8. The van der Waals surface area contributed by atoms with E-state index in [1.807, 2.05) is 36.5 Å². The number of pyridine rings is 1. The van der Waals surface area contributed by atoms with Crippen LogP contribution in [0.25, 0.3) is 0 Å². The highest BCUT2D eigenvalue weighted by Crippen LogP contribution is 2.22. The van der Waals surface area contributed by atoms with Crippen LogP contribution in [0.4, 0.5) is 0 Å². The molecule has 23 heavy (non-hydrogen) atoms. The molecule has 5 nitrogen and oxygen atoms in total. The predicted octanol–water partition coefficient (Wildman–Crippen LogP) is 2.60. The Labute approximate surface area is 141 Å². The molecule has 0 aliphatic carbocycles. The first-order valence-electron chi connectivity index (χ1n) is 7.86. The number of carbonyl (C=O) groups excluding carboxylic acids is 1. The van der Waals surface area contributed by atoms with Gasteiger partial charge in [-0.15, -0.1) is 0 Å². The van der Waals surface area contributed by atoms with Crippen molar-refractivity contribution in [3.05, 3.63) is 45.5 Å². The van der Waals surface area contributed by atoms with Gasteiger partial charge < -0.3 is 4.90 Å². The molecule has 3 heterocycles. The van der Waals surface area contributed by atoms with Crippen molar-refractivity contribution in [3.8, 4) is 0 Å². The Morgan fingerprint density at radius 2 is 2.17 bits per heavy atom. The Morgan fingerprint density at radius 3 is 2.87 bits per heavy atom. The normalized spacial score (nSPS) is 14.0. The number of nitrogens with zero attached hydrogens (tertiary/aromatic N) is 4. The second-order valence-corrected chi connectivity index (χ2v) is 6.53. The lowest BCUT2D eigenvalue weighted by molar-refractivity contribution is -0.132. The Hall–Kier alpha value is -1.88. The molecule has 0 unspecified atom stereocenters. The van der Waals surface area contributed by atoms with Crippen LogP contribution in [0.2, 0.25) is 5.02 Å². The predicted molar refractivity (Wildman–Crippen MR) is 89.4 cm³/mol. The lowest BCUT2D eigenvalue weighted by Crippen LogP contribution is -2.36. The number of aryl methyl sites for hydroxylation is 2. The minimum atomic E-state index is 0.179. The van der Waals surface area contributed by atoms with Gasteiger partial charge >= 0.3 is 0 Å². The van der Waals surface area contributed by atoms with E-state index in [9.17, 15) is 4.79 Å². The Balaban J connectivity index is 1.65. The molecule has 0 N–H and O–H groups in total. The van der Waals surface area contributed by atoms with Crippen LogP contribution < -0.4 is 0 Å². The van der Waals surface area contributed by atoms with Crippen LogP contribution in [-0.2, 0) is 31.2 Å². The molecular formula is C17H21ClN4O. The van der Waals surface area contributed by atoms with Gasteiger partial charge in [-0.1, -0.05) is 11.6 Å². The number of aromatic nitrogens is 3. The van der Waals surface area contributed by atoms with Gasteiger partial charge in [-0.2, -0.15) is 5.10 Å². The third-order valence-electron chi connectivity index (χ3n) is 4.61. The molecule has 2 aromatic heterocycles. The van der Waals surface area contributed by atoms with Crippen LogP contribution in [-0.4, -0.2) is 32.1 Å². The second kappa shape index (κ2) is 6.32. The third kappa shape index (κ3) is 3.24. The molecule has 0 atom stereocenters. The maximum absolute atomic E-state index is 12.5. The van der Waals surface area contributed by atoms with E-state index in [2.05, 4.69) is 10.1 Å². The van der Waals surface area contributed by atoms with Crippen molar-refractivity contribution in [2.45, 2.75) is 39.7 Å². The number of hydrogen-bond donors (Lipinski definition) is 0. The van der Waals surface area contributed by atoms with Gasteiger partial charge in [0.1, 0.15) is 0 Å². The molecule has 0 radical (unpaired) electrons. The molecule has 0 spiro atoms. The summed E-state index contributed by atoms with van der Waals surface area (Å²) in [6.45, 7) is 5.38. The van der Waals surface area contributed by atoms with Gasteiger partial charge in [0.25, 0.3) is 0 Å². The minimum absolute atomic E-state index is 0.179. The van der Waals surface area contributed by atoms with Crippen molar-refractivity contribution in [1.82, 2.24) is 19.7 Å². The summed E-state index contributed by atoms with van der Waals surface area (Å²) in [6.07, 6.45) is 3.72. The summed E-state index contributed by atoms with van der Waals surface area (Å²) in [7, 11) is 1.94. The highest BCUT2D eigenvalue weighted by Gasteiger charge is 2.22. The summed E-state index contributed by atoms with van der Waals surface area (Å²) in [5.41, 5.74) is 5.44. The number of rotatable bonds is 3. The first-order chi connectivity index (χ1) is 11.0. The Bertz CT molecular complexity index is 753. The van der Waals surface area contributed by atoms with Crippen molar-refractivity contribution >= 4 is 17.5 Å². The lowest BCUT2D eigenvalue weighted by atomic mass is 10.0. The SMILES string of the molecule is Cc1nn(C)c(C)c1CCC(=O)N1CCc2ncc(Cl)cc2C1. The Morgan fingerprint density at radius 1 is 1.39 bits per heavy atom. The average Bonchev–Trinajstić information content (AvgIpc) is 2.77. The fraction of sp³-hybridized carbons (Fsp3) is 0.471. The maximum atomic E-state index is 12.5. The van der Waals surface area contributed by atoms with E-state index in [0.717, 1.165) is 42.0 Å². The molecule has 1 aliphatic heterocycles. The smallest absolute Gasteiger partial charge is 0.223 e. The molecule has 122 valence electrons. The fourth-order valence-corrected chi connectivity index (χ4v) is 3.36. The van der Waals surface area contributed by atoms with Crippen molar-refractivity contribution in [1.29, 1.82) is 0 Å². The van der Waals surface area contributed by atoms with Crippen molar-refractivity contribution in [2.24, 2.45) is 7.05 Å². The quantitative estimate of drug-likeness (QED) is 0.868. The molecule has 0 saturated heterocycles. The zero-order chi connectivity index (χ0) is 16.6. The topological polar surface area (TPSA) is 51.0 Å². The molecule has 0 fully saturated rings. The van der Waals surface area contributed by atoms with Crippen molar-refractivity contribution in [3.63, 3.8) is 0 Å². The number of carbonyl (C=O) groups is 1. The monoisotopic (exact) mass is 332 g/mol. The molecule has 0 saturated carbocycles. The summed E-state index contributed by atoms with van der Waals surface area (Å²) in [6, 6.07) is 1.92. The zero-order valence-corrected chi connectivity index (χ0v) is 14.5. The second-order valence-electron chi connectivity index (χ2n) is 6.10. The summed E-state index contributed by atoms with van der Waals surface area (Å²) in [5, 5.41) is 5.03. The van der Waals surface area contributed by atoms with E-state index >= 15 is 0 Å². The van der Waals surface area contributed by atoms with Gasteiger partial charge in [-0.05, 0) is 37.5 Å². The summed E-state index contributed by atoms with van der Waals surface area (Å²) in [5.74, 6) is 0.179. The van der Waals surface area contributed by atoms with Crippen LogP contribution in [0.15, 0.2) is 12.3 Å². The van der Waals surface area contributed by atoms with Crippen molar-refractivity contribution in [2.75, 3.05) is 6.54 Å². The lowest BCUT2D eigenvalue weighted by Gasteiger charge is -2.28. The first-order valence-corrected chi connectivity index (χ1v) is 8.23. The largest absolute Gasteiger partial charge is 0.338 e. The van der Waals surface area contributed by atoms with Crippen LogP contribution in [0, 0.1) is 13.8 Å². The molecule has 1 aliphatic rings.